The Kier molecular flexibility index (Phi) is 3.05. The van der Waals surface area contributed by atoms with Crippen LogP contribution in [-0.4, -0.2) is 19.5 Å². The maximum absolute atomic E-state index is 12.1. The average molecular weight is 231 g/mol. The van der Waals surface area contributed by atoms with Gasteiger partial charge in [-0.15, -0.1) is 13.2 Å². The minimum atomic E-state index is -4.62. The molecule has 1 heterocycles. The van der Waals surface area contributed by atoms with Crippen molar-refractivity contribution in [2.75, 3.05) is 13.1 Å². The molecule has 88 valence electrons. The van der Waals surface area contributed by atoms with Gasteiger partial charge in [-0.3, -0.25) is 0 Å². The van der Waals surface area contributed by atoms with Crippen molar-refractivity contribution >= 4 is 0 Å². The number of para-hydroxylation sites is 1. The number of halogens is 3. The number of alkyl halides is 3. The summed E-state index contributed by atoms with van der Waals surface area (Å²) < 4.78 is 40.3. The van der Waals surface area contributed by atoms with Crippen LogP contribution in [0.4, 0.5) is 13.2 Å². The van der Waals surface area contributed by atoms with Gasteiger partial charge < -0.3 is 10.1 Å². The lowest BCUT2D eigenvalue weighted by molar-refractivity contribution is -0.274. The lowest BCUT2D eigenvalue weighted by Crippen LogP contribution is -2.43. The molecule has 0 radical (unpaired) electrons. The van der Waals surface area contributed by atoms with Gasteiger partial charge in [-0.2, -0.15) is 0 Å². The van der Waals surface area contributed by atoms with Gasteiger partial charge in [-0.05, 0) is 37.1 Å². The maximum atomic E-state index is 12.1. The highest BCUT2D eigenvalue weighted by molar-refractivity contribution is 5.34. The molecule has 5 heteroatoms. The van der Waals surface area contributed by atoms with Crippen molar-refractivity contribution in [2.24, 2.45) is 5.92 Å². The van der Waals surface area contributed by atoms with Gasteiger partial charge in [0.05, 0.1) is 0 Å². The van der Waals surface area contributed by atoms with E-state index in [0.717, 1.165) is 13.1 Å². The monoisotopic (exact) mass is 231 g/mol. The Morgan fingerprint density at radius 3 is 2.50 bits per heavy atom. The topological polar surface area (TPSA) is 21.3 Å². The van der Waals surface area contributed by atoms with Crippen LogP contribution >= 0.6 is 0 Å². The summed E-state index contributed by atoms with van der Waals surface area (Å²) in [6, 6.07) is 6.31. The Hall–Kier alpha value is -1.23. The molecule has 1 aromatic rings. The van der Waals surface area contributed by atoms with E-state index in [-0.39, 0.29) is 5.75 Å². The molecular formula is C11H12F3NO. The molecule has 1 aliphatic heterocycles. The molecule has 1 N–H and O–H groups in total. The van der Waals surface area contributed by atoms with Crippen LogP contribution < -0.4 is 10.1 Å². The molecule has 1 aliphatic rings. The molecular weight excluding hydrogens is 219 g/mol. The third-order valence-electron chi connectivity index (χ3n) is 2.57. The highest BCUT2D eigenvalue weighted by atomic mass is 19.4. The van der Waals surface area contributed by atoms with E-state index in [9.17, 15) is 13.2 Å². The summed E-state index contributed by atoms with van der Waals surface area (Å²) in [5, 5.41) is 3.09. The second-order valence-corrected chi connectivity index (χ2v) is 3.88. The summed E-state index contributed by atoms with van der Waals surface area (Å²) >= 11 is 0. The van der Waals surface area contributed by atoms with E-state index in [4.69, 9.17) is 0 Å². The predicted molar refractivity (Wildman–Crippen MR) is 53.2 cm³/mol. The Balaban J connectivity index is 2.09. The zero-order valence-electron chi connectivity index (χ0n) is 8.55. The average Bonchev–Trinajstić information content (AvgIpc) is 2.11. The van der Waals surface area contributed by atoms with Crippen molar-refractivity contribution in [3.8, 4) is 5.75 Å². The molecule has 1 saturated heterocycles. The van der Waals surface area contributed by atoms with E-state index in [2.05, 4.69) is 10.1 Å². The van der Waals surface area contributed by atoms with Crippen molar-refractivity contribution in [3.63, 3.8) is 0 Å². The van der Waals surface area contributed by atoms with Crippen LogP contribution in [0.2, 0.25) is 0 Å². The van der Waals surface area contributed by atoms with E-state index in [1.807, 2.05) is 0 Å². The number of hydrogen-bond acceptors (Lipinski definition) is 2. The Bertz CT molecular complexity index is 360. The molecule has 0 saturated carbocycles. The molecule has 1 fully saturated rings. The van der Waals surface area contributed by atoms with Crippen molar-refractivity contribution in [1.29, 1.82) is 0 Å². The van der Waals surface area contributed by atoms with E-state index in [0.29, 0.717) is 17.9 Å². The first kappa shape index (κ1) is 11.3. The van der Waals surface area contributed by atoms with Crippen molar-refractivity contribution < 1.29 is 17.9 Å². The summed E-state index contributed by atoms with van der Waals surface area (Å²) in [5.41, 5.74) is 0.617. The first-order valence-corrected chi connectivity index (χ1v) is 5.09. The SMILES string of the molecule is FC(F)(F)Oc1ccccc1CC1CNC1. The Morgan fingerprint density at radius 1 is 1.25 bits per heavy atom. The largest absolute Gasteiger partial charge is 0.573 e. The van der Waals surface area contributed by atoms with Crippen molar-refractivity contribution in [3.05, 3.63) is 29.8 Å². The van der Waals surface area contributed by atoms with Crippen LogP contribution in [0.5, 0.6) is 5.75 Å². The maximum Gasteiger partial charge on any atom is 0.573 e. The number of ether oxygens (including phenoxy) is 1. The van der Waals surface area contributed by atoms with E-state index < -0.39 is 6.36 Å². The van der Waals surface area contributed by atoms with Gasteiger partial charge >= 0.3 is 6.36 Å². The number of benzene rings is 1. The molecule has 2 nitrogen and oxygen atoms in total. The highest BCUT2D eigenvalue weighted by Gasteiger charge is 2.32. The number of rotatable bonds is 3. The van der Waals surface area contributed by atoms with Crippen LogP contribution in [0.25, 0.3) is 0 Å². The first-order valence-electron chi connectivity index (χ1n) is 5.09. The van der Waals surface area contributed by atoms with Crippen LogP contribution in [0.15, 0.2) is 24.3 Å². The summed E-state index contributed by atoms with van der Waals surface area (Å²) in [7, 11) is 0. The lowest BCUT2D eigenvalue weighted by atomic mass is 9.94. The number of nitrogens with one attached hydrogen (secondary N) is 1. The molecule has 0 atom stereocenters. The van der Waals surface area contributed by atoms with Gasteiger partial charge in [0, 0.05) is 0 Å². The highest BCUT2D eigenvalue weighted by Crippen LogP contribution is 2.28. The molecule has 0 amide bonds. The zero-order chi connectivity index (χ0) is 11.6. The van der Waals surface area contributed by atoms with Crippen molar-refractivity contribution in [2.45, 2.75) is 12.8 Å². The minimum Gasteiger partial charge on any atom is -0.406 e. The second-order valence-electron chi connectivity index (χ2n) is 3.88. The summed E-state index contributed by atoms with van der Waals surface area (Å²) in [4.78, 5) is 0. The normalized spacial score (nSPS) is 16.9. The lowest BCUT2D eigenvalue weighted by Gasteiger charge is -2.27. The van der Waals surface area contributed by atoms with Gasteiger partial charge in [0.2, 0.25) is 0 Å². The summed E-state index contributed by atoms with van der Waals surface area (Å²) in [6.07, 6.45) is -3.99. The van der Waals surface area contributed by atoms with Gasteiger partial charge in [0.15, 0.2) is 0 Å². The molecule has 1 aromatic carbocycles. The van der Waals surface area contributed by atoms with Crippen LogP contribution in [0.1, 0.15) is 5.56 Å². The van der Waals surface area contributed by atoms with E-state index in [1.165, 1.54) is 6.07 Å². The fourth-order valence-electron chi connectivity index (χ4n) is 1.70. The van der Waals surface area contributed by atoms with Crippen LogP contribution in [-0.2, 0) is 6.42 Å². The fourth-order valence-corrected chi connectivity index (χ4v) is 1.70. The molecule has 0 aromatic heterocycles. The molecule has 2 rings (SSSR count). The second kappa shape index (κ2) is 4.33. The first-order chi connectivity index (χ1) is 7.54. The van der Waals surface area contributed by atoms with Gasteiger partial charge in [-0.25, -0.2) is 0 Å². The van der Waals surface area contributed by atoms with Crippen LogP contribution in [0, 0.1) is 5.92 Å². The zero-order valence-corrected chi connectivity index (χ0v) is 8.55. The Morgan fingerprint density at radius 2 is 1.94 bits per heavy atom. The molecule has 0 bridgehead atoms. The van der Waals surface area contributed by atoms with Gasteiger partial charge in [0.25, 0.3) is 0 Å². The third-order valence-corrected chi connectivity index (χ3v) is 2.57. The molecule has 0 spiro atoms. The van der Waals surface area contributed by atoms with Crippen molar-refractivity contribution in [1.82, 2.24) is 5.32 Å². The van der Waals surface area contributed by atoms with Gasteiger partial charge in [0.1, 0.15) is 5.75 Å². The predicted octanol–water partition coefficient (Wildman–Crippen LogP) is 2.35. The van der Waals surface area contributed by atoms with Gasteiger partial charge in [-0.1, -0.05) is 18.2 Å². The van der Waals surface area contributed by atoms with E-state index in [1.54, 1.807) is 18.2 Å². The smallest absolute Gasteiger partial charge is 0.406 e. The summed E-state index contributed by atoms with van der Waals surface area (Å²) in [5.74, 6) is 0.333. The fraction of sp³-hybridized carbons (Fsp3) is 0.455. The third kappa shape index (κ3) is 2.88. The molecule has 0 aliphatic carbocycles. The molecule has 0 unspecified atom stereocenters. The minimum absolute atomic E-state index is 0.0816. The van der Waals surface area contributed by atoms with Crippen LogP contribution in [0.3, 0.4) is 0 Å². The quantitative estimate of drug-likeness (QED) is 0.862. The Labute approximate surface area is 91.4 Å². The molecule has 16 heavy (non-hydrogen) atoms. The standard InChI is InChI=1S/C11H12F3NO/c12-11(13,14)16-10-4-2-1-3-9(10)5-8-6-15-7-8/h1-4,8,15H,5-7H2. The number of hydrogen-bond donors (Lipinski definition) is 1. The summed E-state index contributed by atoms with van der Waals surface area (Å²) in [6.45, 7) is 1.72. The van der Waals surface area contributed by atoms with E-state index >= 15 is 0 Å².